The Kier molecular flexibility index (Phi) is 5.68. The van der Waals surface area contributed by atoms with Crippen molar-refractivity contribution in [1.29, 1.82) is 0 Å². The van der Waals surface area contributed by atoms with Gasteiger partial charge in [0, 0.05) is 54.1 Å². The Morgan fingerprint density at radius 3 is 2.58 bits per heavy atom. The lowest BCUT2D eigenvalue weighted by atomic mass is 10.0. The van der Waals surface area contributed by atoms with E-state index in [0.29, 0.717) is 17.1 Å². The third-order valence-electron chi connectivity index (χ3n) is 5.98. The molecule has 33 heavy (non-hydrogen) atoms. The van der Waals surface area contributed by atoms with E-state index in [4.69, 9.17) is 11.6 Å². The predicted molar refractivity (Wildman–Crippen MR) is 126 cm³/mol. The Hall–Kier alpha value is -3.16. The van der Waals surface area contributed by atoms with Gasteiger partial charge in [0.2, 0.25) is 0 Å². The van der Waals surface area contributed by atoms with Crippen molar-refractivity contribution < 1.29 is 13.2 Å². The van der Waals surface area contributed by atoms with Gasteiger partial charge in [-0.05, 0) is 41.7 Å². The Labute approximate surface area is 196 Å². The molecule has 4 aromatic rings. The largest absolute Gasteiger partial charge is 0.299 e. The zero-order chi connectivity index (χ0) is 23.0. The van der Waals surface area contributed by atoms with Crippen LogP contribution in [0.4, 0.5) is 0 Å². The van der Waals surface area contributed by atoms with Crippen LogP contribution >= 0.6 is 11.6 Å². The first-order valence-corrected chi connectivity index (χ1v) is 12.6. The van der Waals surface area contributed by atoms with Gasteiger partial charge in [0.25, 0.3) is 0 Å². The predicted octanol–water partition coefficient (Wildman–Crippen LogP) is 4.57. The maximum absolute atomic E-state index is 12.9. The second-order valence-corrected chi connectivity index (χ2v) is 10.7. The van der Waals surface area contributed by atoms with Crippen LogP contribution in [0.3, 0.4) is 0 Å². The van der Waals surface area contributed by atoms with Crippen LogP contribution in [-0.4, -0.2) is 29.2 Å². The smallest absolute Gasteiger partial charge is 0.184 e. The lowest BCUT2D eigenvalue weighted by Crippen LogP contribution is -2.07. The zero-order valence-electron chi connectivity index (χ0n) is 17.6. The highest BCUT2D eigenvalue weighted by molar-refractivity contribution is 7.90. The molecule has 2 atom stereocenters. The van der Waals surface area contributed by atoms with Crippen LogP contribution in [0.5, 0.6) is 0 Å². The third kappa shape index (κ3) is 4.65. The van der Waals surface area contributed by atoms with E-state index in [1.807, 2.05) is 30.3 Å². The van der Waals surface area contributed by atoms with Gasteiger partial charge in [0.05, 0.1) is 21.4 Å². The molecule has 1 saturated carbocycles. The summed E-state index contributed by atoms with van der Waals surface area (Å²) in [4.78, 5) is 25.1. The minimum Gasteiger partial charge on any atom is -0.299 e. The van der Waals surface area contributed by atoms with Gasteiger partial charge in [0.15, 0.2) is 9.84 Å². The average molecular weight is 478 g/mol. The number of ketones is 1. The van der Waals surface area contributed by atoms with E-state index >= 15 is 0 Å². The number of rotatable bonds is 7. The van der Waals surface area contributed by atoms with E-state index in [9.17, 15) is 13.2 Å². The van der Waals surface area contributed by atoms with Crippen LogP contribution in [-0.2, 0) is 26.8 Å². The highest BCUT2D eigenvalue weighted by atomic mass is 35.5. The van der Waals surface area contributed by atoms with Crippen molar-refractivity contribution in [3.05, 3.63) is 95.3 Å². The molecule has 2 aromatic heterocycles. The van der Waals surface area contributed by atoms with E-state index in [0.717, 1.165) is 28.3 Å². The van der Waals surface area contributed by atoms with Crippen LogP contribution in [0.1, 0.15) is 29.2 Å². The Bertz CT molecular complexity index is 1440. The quantitative estimate of drug-likeness (QED) is 0.387. The zero-order valence-corrected chi connectivity index (χ0v) is 19.1. The van der Waals surface area contributed by atoms with Gasteiger partial charge < -0.3 is 0 Å². The molecule has 1 fully saturated rings. The fourth-order valence-corrected chi connectivity index (χ4v) is 5.62. The molecule has 0 N–H and O–H groups in total. The van der Waals surface area contributed by atoms with Gasteiger partial charge in [-0.3, -0.25) is 19.7 Å². The van der Waals surface area contributed by atoms with E-state index in [1.165, 1.54) is 18.6 Å². The maximum atomic E-state index is 12.9. The van der Waals surface area contributed by atoms with E-state index in [2.05, 4.69) is 15.0 Å². The second kappa shape index (κ2) is 8.65. The molecule has 5 rings (SSSR count). The number of carbonyl (C=O) groups excluding carboxylic acids is 1. The summed E-state index contributed by atoms with van der Waals surface area (Å²) in [7, 11) is -3.51. The summed E-state index contributed by atoms with van der Waals surface area (Å²) in [6.45, 7) is 0. The SMILES string of the molecule is O=C(Cc1ccc2cncc(Cl)c2c1)C1CC1c1ccc(S(=O)(=O)Cc2cnccn2)cc1. The molecule has 0 amide bonds. The summed E-state index contributed by atoms with van der Waals surface area (Å²) in [6, 6.07) is 12.7. The molecule has 2 unspecified atom stereocenters. The van der Waals surface area contributed by atoms with Crippen molar-refractivity contribution in [3.63, 3.8) is 0 Å². The molecule has 2 heterocycles. The molecule has 6 nitrogen and oxygen atoms in total. The Balaban J connectivity index is 1.25. The summed E-state index contributed by atoms with van der Waals surface area (Å²) in [5, 5.41) is 2.40. The highest BCUT2D eigenvalue weighted by Gasteiger charge is 2.43. The summed E-state index contributed by atoms with van der Waals surface area (Å²) in [5.74, 6) is 0.0679. The molecule has 0 radical (unpaired) electrons. The first kappa shape index (κ1) is 21.7. The van der Waals surface area contributed by atoms with E-state index in [-0.39, 0.29) is 28.3 Å². The monoisotopic (exact) mass is 477 g/mol. The van der Waals surface area contributed by atoms with Crippen LogP contribution in [0.15, 0.2) is 78.3 Å². The number of fused-ring (bicyclic) bond motifs is 1. The number of benzene rings is 2. The number of aromatic nitrogens is 3. The van der Waals surface area contributed by atoms with Crippen molar-refractivity contribution in [2.75, 3.05) is 0 Å². The summed E-state index contributed by atoms with van der Waals surface area (Å²) in [5.41, 5.74) is 2.32. The average Bonchev–Trinajstić information content (AvgIpc) is 3.61. The number of hydrogen-bond acceptors (Lipinski definition) is 6. The fourth-order valence-electron chi connectivity index (χ4n) is 4.14. The second-order valence-electron chi connectivity index (χ2n) is 8.29. The van der Waals surface area contributed by atoms with Gasteiger partial charge in [-0.2, -0.15) is 0 Å². The summed E-state index contributed by atoms with van der Waals surface area (Å²) in [6.07, 6.45) is 8.91. The number of nitrogens with zero attached hydrogens (tertiary/aromatic N) is 3. The number of pyridine rings is 1. The van der Waals surface area contributed by atoms with E-state index < -0.39 is 9.84 Å². The molecule has 0 bridgehead atoms. The minimum absolute atomic E-state index is 0.0457. The molecular formula is C25H20ClN3O3S. The van der Waals surface area contributed by atoms with Crippen molar-refractivity contribution in [1.82, 2.24) is 15.0 Å². The fraction of sp³-hybridized carbons (Fsp3) is 0.200. The lowest BCUT2D eigenvalue weighted by Gasteiger charge is -2.07. The molecule has 0 spiro atoms. The maximum Gasteiger partial charge on any atom is 0.184 e. The van der Waals surface area contributed by atoms with Gasteiger partial charge in [-0.15, -0.1) is 0 Å². The van der Waals surface area contributed by atoms with Crippen LogP contribution in [0.2, 0.25) is 5.02 Å². The summed E-state index contributed by atoms with van der Waals surface area (Å²) >= 11 is 6.24. The number of sulfone groups is 1. The molecule has 0 saturated heterocycles. The normalized spacial score (nSPS) is 17.7. The van der Waals surface area contributed by atoms with Crippen LogP contribution < -0.4 is 0 Å². The topological polar surface area (TPSA) is 89.9 Å². The van der Waals surface area contributed by atoms with Crippen LogP contribution in [0.25, 0.3) is 10.8 Å². The molecule has 1 aliphatic carbocycles. The first-order valence-electron chi connectivity index (χ1n) is 10.5. The molecule has 2 aromatic carbocycles. The van der Waals surface area contributed by atoms with Gasteiger partial charge in [0.1, 0.15) is 5.78 Å². The molecule has 0 aliphatic heterocycles. The minimum atomic E-state index is -3.51. The number of Topliss-reactive ketones (excluding diaryl/α,β-unsaturated/α-hetero) is 1. The van der Waals surface area contributed by atoms with Gasteiger partial charge in [-0.25, -0.2) is 8.42 Å². The first-order chi connectivity index (χ1) is 15.9. The van der Waals surface area contributed by atoms with E-state index in [1.54, 1.807) is 24.5 Å². The van der Waals surface area contributed by atoms with Gasteiger partial charge in [-0.1, -0.05) is 35.9 Å². The molecule has 166 valence electrons. The van der Waals surface area contributed by atoms with Crippen molar-refractivity contribution in [3.8, 4) is 0 Å². The molecular weight excluding hydrogens is 458 g/mol. The summed E-state index contributed by atoms with van der Waals surface area (Å²) < 4.78 is 25.3. The van der Waals surface area contributed by atoms with Crippen molar-refractivity contribution >= 4 is 38.0 Å². The number of halogens is 1. The third-order valence-corrected chi connectivity index (χ3v) is 7.95. The molecule has 1 aliphatic rings. The standard InChI is InChI=1S/C25H20ClN3O3S/c26-24-14-28-12-18-2-1-16(9-22(18)24)10-25(30)23-11-21(23)17-3-5-20(6-4-17)33(31,32)15-19-13-27-7-8-29-19/h1-9,12-14,21,23H,10-11,15H2. The number of carbonyl (C=O) groups is 1. The highest BCUT2D eigenvalue weighted by Crippen LogP contribution is 2.48. The Morgan fingerprint density at radius 2 is 1.82 bits per heavy atom. The van der Waals surface area contributed by atoms with Crippen LogP contribution in [0, 0.1) is 5.92 Å². The van der Waals surface area contributed by atoms with Crippen molar-refractivity contribution in [2.24, 2.45) is 5.92 Å². The molecule has 8 heteroatoms. The Morgan fingerprint density at radius 1 is 1.00 bits per heavy atom. The lowest BCUT2D eigenvalue weighted by molar-refractivity contribution is -0.119. The van der Waals surface area contributed by atoms with Gasteiger partial charge >= 0.3 is 0 Å². The number of hydrogen-bond donors (Lipinski definition) is 0. The van der Waals surface area contributed by atoms with Crippen molar-refractivity contribution in [2.45, 2.75) is 29.4 Å².